The van der Waals surface area contributed by atoms with Crippen LogP contribution in [0.25, 0.3) is 0 Å². The number of allylic oxidation sites excluding steroid dienone is 1. The van der Waals surface area contributed by atoms with Crippen molar-refractivity contribution in [1.29, 1.82) is 0 Å². The van der Waals surface area contributed by atoms with Crippen LogP contribution >= 0.6 is 0 Å². The SMILES string of the molecule is CC1=C([O-])O[C@@](c2ccccc2)(C(C)(C)C)O1.[Li+]. The van der Waals surface area contributed by atoms with Gasteiger partial charge >= 0.3 is 18.9 Å². The van der Waals surface area contributed by atoms with Crippen molar-refractivity contribution in [3.8, 4) is 0 Å². The van der Waals surface area contributed by atoms with Crippen LogP contribution in [-0.2, 0) is 15.3 Å². The Hall–Kier alpha value is -1.04. The fourth-order valence-electron chi connectivity index (χ4n) is 2.00. The van der Waals surface area contributed by atoms with Crippen LogP contribution in [0.15, 0.2) is 42.0 Å². The molecule has 0 saturated heterocycles. The maximum Gasteiger partial charge on any atom is 1.00 e. The predicted molar refractivity (Wildman–Crippen MR) is 62.4 cm³/mol. The van der Waals surface area contributed by atoms with Crippen molar-refractivity contribution in [2.45, 2.75) is 33.5 Å². The molecule has 0 N–H and O–H groups in total. The van der Waals surface area contributed by atoms with Gasteiger partial charge in [0.1, 0.15) is 5.76 Å². The van der Waals surface area contributed by atoms with E-state index in [0.717, 1.165) is 5.56 Å². The summed E-state index contributed by atoms with van der Waals surface area (Å²) in [6, 6.07) is 9.57. The van der Waals surface area contributed by atoms with Gasteiger partial charge in [0.2, 0.25) is 0 Å². The van der Waals surface area contributed by atoms with Crippen molar-refractivity contribution >= 4 is 0 Å². The standard InChI is InChI=1S/C14H18O3.Li/c1-10-12(15)17-14(16-10,13(2,3)4)11-8-6-5-7-9-11;/h5-9,15H,1-4H3;/q;+1/p-1/t14-;/m0./s1. The molecule has 0 saturated carbocycles. The molecule has 1 aliphatic heterocycles. The van der Waals surface area contributed by atoms with Gasteiger partial charge in [0.25, 0.3) is 0 Å². The first kappa shape index (κ1) is 15.0. The Bertz CT molecular complexity index is 432. The van der Waals surface area contributed by atoms with Gasteiger partial charge in [-0.15, -0.1) is 0 Å². The monoisotopic (exact) mass is 240 g/mol. The number of hydrogen-bond acceptors (Lipinski definition) is 3. The molecule has 0 fully saturated rings. The normalized spacial score (nSPS) is 23.1. The molecule has 0 unspecified atom stereocenters. The van der Waals surface area contributed by atoms with E-state index in [4.69, 9.17) is 9.47 Å². The second kappa shape index (κ2) is 4.91. The van der Waals surface area contributed by atoms with Gasteiger partial charge in [-0.05, 0) is 6.92 Å². The first-order valence-corrected chi connectivity index (χ1v) is 5.68. The second-order valence-corrected chi connectivity index (χ2v) is 5.28. The number of hydrogen-bond donors (Lipinski definition) is 0. The molecule has 3 nitrogen and oxygen atoms in total. The van der Waals surface area contributed by atoms with Crippen molar-refractivity contribution in [3.63, 3.8) is 0 Å². The first-order chi connectivity index (χ1) is 7.87. The summed E-state index contributed by atoms with van der Waals surface area (Å²) in [6.45, 7) is 7.61. The Morgan fingerprint density at radius 3 is 2.00 bits per heavy atom. The average molecular weight is 240 g/mol. The van der Waals surface area contributed by atoms with Crippen molar-refractivity contribution in [1.82, 2.24) is 0 Å². The molecule has 1 atom stereocenters. The number of rotatable bonds is 1. The molecule has 1 aromatic rings. The van der Waals surface area contributed by atoms with E-state index in [-0.39, 0.29) is 30.2 Å². The third-order valence-electron chi connectivity index (χ3n) is 2.96. The minimum absolute atomic E-state index is 0. The van der Waals surface area contributed by atoms with E-state index < -0.39 is 5.79 Å². The molecule has 0 radical (unpaired) electrons. The van der Waals surface area contributed by atoms with Gasteiger partial charge in [-0.1, -0.05) is 51.1 Å². The molecule has 1 aromatic carbocycles. The Morgan fingerprint density at radius 2 is 1.61 bits per heavy atom. The van der Waals surface area contributed by atoms with Crippen LogP contribution < -0.4 is 24.0 Å². The second-order valence-electron chi connectivity index (χ2n) is 5.28. The van der Waals surface area contributed by atoms with Crippen LogP contribution in [0.4, 0.5) is 0 Å². The van der Waals surface area contributed by atoms with E-state index in [2.05, 4.69) is 0 Å². The first-order valence-electron chi connectivity index (χ1n) is 5.68. The molecule has 4 heteroatoms. The molecule has 1 heterocycles. The Kier molecular flexibility index (Phi) is 4.10. The zero-order valence-electron chi connectivity index (χ0n) is 11.6. The van der Waals surface area contributed by atoms with Gasteiger partial charge in [0, 0.05) is 11.0 Å². The predicted octanol–water partition coefficient (Wildman–Crippen LogP) is -0.514. The van der Waals surface area contributed by atoms with E-state index in [1.54, 1.807) is 6.92 Å². The van der Waals surface area contributed by atoms with Crippen LogP contribution in [0.5, 0.6) is 0 Å². The van der Waals surface area contributed by atoms with Gasteiger partial charge in [-0.2, -0.15) is 0 Å². The van der Waals surface area contributed by atoms with Crippen LogP contribution in [0.2, 0.25) is 0 Å². The van der Waals surface area contributed by atoms with Crippen molar-refractivity contribution < 1.29 is 33.4 Å². The summed E-state index contributed by atoms with van der Waals surface area (Å²) in [5.41, 5.74) is 0.514. The number of benzene rings is 1. The maximum absolute atomic E-state index is 11.6. The molecule has 1 aliphatic rings. The van der Waals surface area contributed by atoms with E-state index in [1.165, 1.54) is 0 Å². The van der Waals surface area contributed by atoms with E-state index in [1.807, 2.05) is 51.1 Å². The summed E-state index contributed by atoms with van der Waals surface area (Å²) in [5.74, 6) is -1.09. The third kappa shape index (κ3) is 2.25. The van der Waals surface area contributed by atoms with Gasteiger partial charge < -0.3 is 14.6 Å². The molecule has 0 aromatic heterocycles. The van der Waals surface area contributed by atoms with E-state index in [9.17, 15) is 5.11 Å². The Labute approximate surface area is 120 Å². The van der Waals surface area contributed by atoms with Crippen LogP contribution in [0.1, 0.15) is 33.3 Å². The zero-order valence-corrected chi connectivity index (χ0v) is 11.6. The topological polar surface area (TPSA) is 41.5 Å². The van der Waals surface area contributed by atoms with Crippen LogP contribution in [-0.4, -0.2) is 0 Å². The summed E-state index contributed by atoms with van der Waals surface area (Å²) in [4.78, 5) is 0. The fourth-order valence-corrected chi connectivity index (χ4v) is 2.00. The van der Waals surface area contributed by atoms with E-state index >= 15 is 0 Å². The maximum atomic E-state index is 11.6. The summed E-state index contributed by atoms with van der Waals surface area (Å²) < 4.78 is 11.3. The minimum Gasteiger partial charge on any atom is -0.569 e. The van der Waals surface area contributed by atoms with Gasteiger partial charge in [0.15, 0.2) is 5.79 Å². The summed E-state index contributed by atoms with van der Waals surface area (Å²) in [5, 5.41) is 11.6. The Morgan fingerprint density at radius 1 is 1.06 bits per heavy atom. The van der Waals surface area contributed by atoms with Crippen molar-refractivity contribution in [2.75, 3.05) is 0 Å². The smallest absolute Gasteiger partial charge is 0.569 e. The molecule has 0 amide bonds. The van der Waals surface area contributed by atoms with Crippen LogP contribution in [0.3, 0.4) is 0 Å². The molecular weight excluding hydrogens is 223 g/mol. The molecular formula is C14H17LiO3. The molecule has 0 bridgehead atoms. The van der Waals surface area contributed by atoms with Crippen molar-refractivity contribution in [3.05, 3.63) is 47.6 Å². The quantitative estimate of drug-likeness (QED) is 0.621. The fraction of sp³-hybridized carbons (Fsp3) is 0.429. The Balaban J connectivity index is 0.00000162. The average Bonchev–Trinajstić information content (AvgIpc) is 2.57. The van der Waals surface area contributed by atoms with E-state index in [0.29, 0.717) is 5.76 Å². The molecule has 0 aliphatic carbocycles. The van der Waals surface area contributed by atoms with Gasteiger partial charge in [0.05, 0.1) is 5.95 Å². The summed E-state index contributed by atoms with van der Waals surface area (Å²) >= 11 is 0. The zero-order chi connectivity index (χ0) is 12.7. The molecule has 18 heavy (non-hydrogen) atoms. The van der Waals surface area contributed by atoms with Crippen molar-refractivity contribution in [2.24, 2.45) is 5.41 Å². The van der Waals surface area contributed by atoms with Gasteiger partial charge in [-0.25, -0.2) is 0 Å². The largest absolute Gasteiger partial charge is 1.00 e. The van der Waals surface area contributed by atoms with Gasteiger partial charge in [-0.3, -0.25) is 0 Å². The molecule has 0 spiro atoms. The third-order valence-corrected chi connectivity index (χ3v) is 2.96. The van der Waals surface area contributed by atoms with Crippen LogP contribution in [0, 0.1) is 5.41 Å². The minimum atomic E-state index is -1.02. The number of ether oxygens (including phenoxy) is 2. The summed E-state index contributed by atoms with van der Waals surface area (Å²) in [7, 11) is 0. The summed E-state index contributed by atoms with van der Waals surface area (Å²) in [6.07, 6.45) is 0. The molecule has 2 rings (SSSR count). The molecule has 92 valence electrons.